The van der Waals surface area contributed by atoms with Crippen LogP contribution in [0.1, 0.15) is 73.9 Å². The van der Waals surface area contributed by atoms with E-state index in [1.807, 2.05) is 12.1 Å². The molecule has 32 heavy (non-hydrogen) atoms. The number of carbonyl (C=O) groups excluding carboxylic acids is 1. The van der Waals surface area contributed by atoms with Gasteiger partial charge in [-0.05, 0) is 57.9 Å². The fourth-order valence-corrected chi connectivity index (χ4v) is 4.46. The van der Waals surface area contributed by atoms with E-state index in [2.05, 4.69) is 58.6 Å². The van der Waals surface area contributed by atoms with Crippen molar-refractivity contribution in [2.24, 2.45) is 0 Å². The van der Waals surface area contributed by atoms with Crippen molar-refractivity contribution in [3.63, 3.8) is 0 Å². The van der Waals surface area contributed by atoms with Crippen molar-refractivity contribution in [1.82, 2.24) is 0 Å². The Morgan fingerprint density at radius 3 is 2.34 bits per heavy atom. The number of cyclic esters (lactones) is 1. The lowest BCUT2D eigenvalue weighted by molar-refractivity contribution is -0.216. The first-order valence-corrected chi connectivity index (χ1v) is 10.9. The van der Waals surface area contributed by atoms with Crippen LogP contribution in [-0.4, -0.2) is 16.9 Å². The summed E-state index contributed by atoms with van der Waals surface area (Å²) in [5, 5.41) is 10.2. The molecule has 0 saturated heterocycles. The number of rotatable bonds is 3. The monoisotopic (exact) mass is 430 g/mol. The lowest BCUT2D eigenvalue weighted by Gasteiger charge is -2.32. The Kier molecular flexibility index (Phi) is 5.08. The Hall–Kier alpha value is -3.27. The van der Waals surface area contributed by atoms with Crippen molar-refractivity contribution in [2.75, 3.05) is 0 Å². The Labute approximate surface area is 189 Å². The number of hydrogen-bond donors (Lipinski definition) is 1. The molecule has 1 N–H and O–H groups in total. The Bertz CT molecular complexity index is 1180. The maximum Gasteiger partial charge on any atom is 0.349 e. The summed E-state index contributed by atoms with van der Waals surface area (Å²) in [6, 6.07) is 11.9. The third-order valence-electron chi connectivity index (χ3n) is 6.33. The Morgan fingerprint density at radius 1 is 1.06 bits per heavy atom. The molecule has 1 heterocycles. The Balaban J connectivity index is 1.68. The number of aryl methyl sites for hydroxylation is 1. The van der Waals surface area contributed by atoms with Gasteiger partial charge in [-0.2, -0.15) is 0 Å². The zero-order valence-electron chi connectivity index (χ0n) is 19.6. The standard InChI is InChI=1S/C28H30O4/c1-16-12-13-27(4,5)23-14-17(2)21(15-22(16)23)18(3)19-8-10-20(11-9-19)24-25(29)31-28(6,7)32-26(24)30/h8-16,29H,3H2,1-2,4-7H3. The van der Waals surface area contributed by atoms with Crippen molar-refractivity contribution in [2.45, 2.75) is 58.7 Å². The van der Waals surface area contributed by atoms with Crippen LogP contribution in [0.3, 0.4) is 0 Å². The summed E-state index contributed by atoms with van der Waals surface area (Å²) < 4.78 is 10.6. The summed E-state index contributed by atoms with van der Waals surface area (Å²) in [6.07, 6.45) is 4.56. The van der Waals surface area contributed by atoms with Crippen LogP contribution in [0.4, 0.5) is 0 Å². The molecule has 4 heteroatoms. The molecule has 1 aliphatic carbocycles. The van der Waals surface area contributed by atoms with Gasteiger partial charge in [0, 0.05) is 19.3 Å². The summed E-state index contributed by atoms with van der Waals surface area (Å²) in [6.45, 7) is 16.3. The highest BCUT2D eigenvalue weighted by atomic mass is 16.8. The second kappa shape index (κ2) is 7.40. The smallest absolute Gasteiger partial charge is 0.349 e. The third kappa shape index (κ3) is 3.75. The third-order valence-corrected chi connectivity index (χ3v) is 6.33. The fourth-order valence-electron chi connectivity index (χ4n) is 4.46. The maximum atomic E-state index is 12.4. The highest BCUT2D eigenvalue weighted by molar-refractivity contribution is 6.17. The van der Waals surface area contributed by atoms with E-state index in [1.165, 1.54) is 16.7 Å². The van der Waals surface area contributed by atoms with Gasteiger partial charge in [-0.15, -0.1) is 0 Å². The first-order chi connectivity index (χ1) is 14.9. The van der Waals surface area contributed by atoms with Gasteiger partial charge in [-0.1, -0.05) is 69.8 Å². The van der Waals surface area contributed by atoms with E-state index in [-0.39, 0.29) is 11.0 Å². The minimum Gasteiger partial charge on any atom is -0.480 e. The number of benzene rings is 2. The van der Waals surface area contributed by atoms with Crippen LogP contribution in [-0.2, 0) is 19.7 Å². The van der Waals surface area contributed by atoms with Gasteiger partial charge in [0.1, 0.15) is 5.57 Å². The molecule has 2 aromatic carbocycles. The molecule has 0 bridgehead atoms. The van der Waals surface area contributed by atoms with Crippen molar-refractivity contribution in [3.8, 4) is 0 Å². The van der Waals surface area contributed by atoms with Gasteiger partial charge in [-0.25, -0.2) is 4.79 Å². The fraction of sp³-hybridized carbons (Fsp3) is 0.321. The van der Waals surface area contributed by atoms with Crippen LogP contribution in [0.15, 0.2) is 61.1 Å². The Morgan fingerprint density at radius 2 is 1.72 bits per heavy atom. The molecule has 0 spiro atoms. The SMILES string of the molecule is C=C(c1ccc(C2=C(O)OC(C)(C)OC2=O)cc1)c1cc2c(cc1C)C(C)(C)C=CC2C. The molecule has 2 aromatic rings. The largest absolute Gasteiger partial charge is 0.480 e. The number of hydrogen-bond acceptors (Lipinski definition) is 4. The van der Waals surface area contributed by atoms with E-state index < -0.39 is 17.7 Å². The van der Waals surface area contributed by atoms with Crippen molar-refractivity contribution in [1.29, 1.82) is 0 Å². The molecule has 0 fully saturated rings. The van der Waals surface area contributed by atoms with Gasteiger partial charge in [0.05, 0.1) is 0 Å². The van der Waals surface area contributed by atoms with Crippen LogP contribution in [0.5, 0.6) is 0 Å². The van der Waals surface area contributed by atoms with Crippen LogP contribution in [0, 0.1) is 6.92 Å². The van der Waals surface area contributed by atoms with Gasteiger partial charge >= 0.3 is 5.97 Å². The molecule has 166 valence electrons. The van der Waals surface area contributed by atoms with E-state index >= 15 is 0 Å². The zero-order valence-corrected chi connectivity index (χ0v) is 19.6. The number of allylic oxidation sites excluding steroid dienone is 2. The molecular formula is C28H30O4. The van der Waals surface area contributed by atoms with Crippen LogP contribution < -0.4 is 0 Å². The molecule has 2 aliphatic rings. The summed E-state index contributed by atoms with van der Waals surface area (Å²) in [7, 11) is 0. The molecule has 4 nitrogen and oxygen atoms in total. The summed E-state index contributed by atoms with van der Waals surface area (Å²) >= 11 is 0. The number of carbonyl (C=O) groups is 1. The van der Waals surface area contributed by atoms with E-state index in [0.29, 0.717) is 11.5 Å². The highest BCUT2D eigenvalue weighted by Crippen LogP contribution is 2.41. The first-order valence-electron chi connectivity index (χ1n) is 10.9. The topological polar surface area (TPSA) is 55.8 Å². The van der Waals surface area contributed by atoms with E-state index in [0.717, 1.165) is 16.7 Å². The normalized spacial score (nSPS) is 20.9. The molecule has 1 aliphatic heterocycles. The lowest BCUT2D eigenvalue weighted by atomic mass is 9.72. The van der Waals surface area contributed by atoms with Crippen molar-refractivity contribution >= 4 is 17.1 Å². The van der Waals surface area contributed by atoms with E-state index in [4.69, 9.17) is 9.47 Å². The average molecular weight is 431 g/mol. The van der Waals surface area contributed by atoms with E-state index in [1.54, 1.807) is 26.0 Å². The maximum absolute atomic E-state index is 12.4. The predicted molar refractivity (Wildman–Crippen MR) is 127 cm³/mol. The molecule has 0 saturated carbocycles. The quantitative estimate of drug-likeness (QED) is 0.443. The predicted octanol–water partition coefficient (Wildman–Crippen LogP) is 6.54. The number of aliphatic hydroxyl groups excluding tert-OH is 1. The number of aliphatic hydroxyl groups is 1. The number of ether oxygens (including phenoxy) is 2. The first kappa shape index (κ1) is 21.9. The molecule has 0 amide bonds. The van der Waals surface area contributed by atoms with Crippen molar-refractivity contribution < 1.29 is 19.4 Å². The van der Waals surface area contributed by atoms with E-state index in [9.17, 15) is 9.90 Å². The average Bonchev–Trinajstić information content (AvgIpc) is 2.69. The second-order valence-corrected chi connectivity index (χ2v) is 9.75. The molecule has 4 rings (SSSR count). The van der Waals surface area contributed by atoms with Gasteiger partial charge in [0.2, 0.25) is 0 Å². The molecule has 1 unspecified atom stereocenters. The molecule has 1 atom stereocenters. The minimum atomic E-state index is -1.19. The lowest BCUT2D eigenvalue weighted by Crippen LogP contribution is -2.36. The van der Waals surface area contributed by atoms with Gasteiger partial charge in [-0.3, -0.25) is 0 Å². The van der Waals surface area contributed by atoms with Crippen LogP contribution in [0.2, 0.25) is 0 Å². The number of esters is 1. The summed E-state index contributed by atoms with van der Waals surface area (Å²) in [5.74, 6) is -1.87. The zero-order chi connectivity index (χ0) is 23.4. The van der Waals surface area contributed by atoms with Crippen LogP contribution in [0.25, 0.3) is 11.1 Å². The summed E-state index contributed by atoms with van der Waals surface area (Å²) in [5.41, 5.74) is 7.40. The summed E-state index contributed by atoms with van der Waals surface area (Å²) in [4.78, 5) is 12.4. The minimum absolute atomic E-state index is 0.00901. The van der Waals surface area contributed by atoms with Crippen molar-refractivity contribution in [3.05, 3.63) is 94.5 Å². The molecule has 0 aromatic heterocycles. The highest BCUT2D eigenvalue weighted by Gasteiger charge is 2.37. The van der Waals surface area contributed by atoms with Gasteiger partial charge < -0.3 is 14.6 Å². The molecule has 0 radical (unpaired) electrons. The number of fused-ring (bicyclic) bond motifs is 1. The van der Waals surface area contributed by atoms with Gasteiger partial charge in [0.25, 0.3) is 11.7 Å². The second-order valence-electron chi connectivity index (χ2n) is 9.75. The molecular weight excluding hydrogens is 400 g/mol. The van der Waals surface area contributed by atoms with Gasteiger partial charge in [0.15, 0.2) is 0 Å². The van der Waals surface area contributed by atoms with Crippen LogP contribution >= 0.6 is 0 Å².